The first-order valence-electron chi connectivity index (χ1n) is 6.74. The molecule has 2 saturated carbocycles. The minimum absolute atomic E-state index is 0.644. The zero-order valence-corrected chi connectivity index (χ0v) is 10.6. The van der Waals surface area contributed by atoms with Crippen molar-refractivity contribution in [3.8, 4) is 0 Å². The predicted molar refractivity (Wildman–Crippen MR) is 68.6 cm³/mol. The molecule has 3 nitrogen and oxygen atoms in total. The highest BCUT2D eigenvalue weighted by molar-refractivity contribution is 5.79. The Morgan fingerprint density at radius 1 is 1.06 bits per heavy atom. The van der Waals surface area contributed by atoms with Crippen molar-refractivity contribution >= 4 is 5.96 Å². The van der Waals surface area contributed by atoms with E-state index in [-0.39, 0.29) is 0 Å². The van der Waals surface area contributed by atoms with Crippen LogP contribution < -0.4 is 10.6 Å². The first-order chi connectivity index (χ1) is 7.83. The molecule has 0 saturated heterocycles. The van der Waals surface area contributed by atoms with E-state index >= 15 is 0 Å². The van der Waals surface area contributed by atoms with Crippen molar-refractivity contribution in [2.45, 2.75) is 51.0 Å². The molecule has 0 heterocycles. The largest absolute Gasteiger partial charge is 0.359 e. The molecule has 0 aromatic heterocycles. The van der Waals surface area contributed by atoms with Crippen molar-refractivity contribution in [2.75, 3.05) is 14.1 Å². The summed E-state index contributed by atoms with van der Waals surface area (Å²) in [4.78, 5) is 4.20. The molecule has 16 heavy (non-hydrogen) atoms. The normalized spacial score (nSPS) is 35.4. The molecule has 3 heteroatoms. The molecule has 3 atom stereocenters. The van der Waals surface area contributed by atoms with Gasteiger partial charge in [0, 0.05) is 20.1 Å². The molecule has 0 amide bonds. The van der Waals surface area contributed by atoms with E-state index in [1.54, 1.807) is 0 Å². The highest BCUT2D eigenvalue weighted by Crippen LogP contribution is 2.40. The van der Waals surface area contributed by atoms with Crippen LogP contribution in [0.2, 0.25) is 0 Å². The van der Waals surface area contributed by atoms with Gasteiger partial charge in [-0.15, -0.1) is 0 Å². The van der Waals surface area contributed by atoms with E-state index in [1.165, 1.54) is 44.9 Å². The average molecular weight is 223 g/mol. The zero-order chi connectivity index (χ0) is 11.4. The summed E-state index contributed by atoms with van der Waals surface area (Å²) < 4.78 is 0. The van der Waals surface area contributed by atoms with Crippen LogP contribution in [0, 0.1) is 11.8 Å². The molecule has 0 aromatic rings. The molecule has 92 valence electrons. The first-order valence-corrected chi connectivity index (χ1v) is 6.74. The second-order valence-electron chi connectivity index (χ2n) is 5.28. The summed E-state index contributed by atoms with van der Waals surface area (Å²) in [6.07, 6.45) is 9.96. The topological polar surface area (TPSA) is 36.4 Å². The molecule has 2 aliphatic carbocycles. The standard InChI is InChI=1S/C13H25N3/c1-14-13(15-2)16-12-8-7-10-5-3-4-6-11(10)9-12/h10-12H,3-9H2,1-2H3,(H2,14,15,16). The second kappa shape index (κ2) is 5.55. The number of rotatable bonds is 1. The highest BCUT2D eigenvalue weighted by Gasteiger charge is 2.32. The van der Waals surface area contributed by atoms with Crippen LogP contribution in [0.5, 0.6) is 0 Å². The number of fused-ring (bicyclic) bond motifs is 1. The minimum Gasteiger partial charge on any atom is -0.359 e. The number of hydrogen-bond donors (Lipinski definition) is 2. The van der Waals surface area contributed by atoms with Crippen molar-refractivity contribution in [3.63, 3.8) is 0 Å². The number of nitrogens with one attached hydrogen (secondary N) is 2. The van der Waals surface area contributed by atoms with Gasteiger partial charge in [-0.25, -0.2) is 0 Å². The van der Waals surface area contributed by atoms with E-state index in [2.05, 4.69) is 15.6 Å². The van der Waals surface area contributed by atoms with E-state index in [1.807, 2.05) is 14.1 Å². The summed E-state index contributed by atoms with van der Waals surface area (Å²) in [5.41, 5.74) is 0. The molecule has 2 fully saturated rings. The molecule has 0 aliphatic heterocycles. The molecule has 0 radical (unpaired) electrons. The van der Waals surface area contributed by atoms with E-state index in [9.17, 15) is 0 Å². The number of guanidine groups is 1. The Morgan fingerprint density at radius 3 is 2.50 bits per heavy atom. The smallest absolute Gasteiger partial charge is 0.190 e. The Labute approximate surface area is 99.1 Å². The average Bonchev–Trinajstić information content (AvgIpc) is 2.35. The third-order valence-corrected chi connectivity index (χ3v) is 4.34. The van der Waals surface area contributed by atoms with E-state index in [4.69, 9.17) is 0 Å². The van der Waals surface area contributed by atoms with Crippen molar-refractivity contribution < 1.29 is 0 Å². The summed E-state index contributed by atoms with van der Waals surface area (Å²) >= 11 is 0. The van der Waals surface area contributed by atoms with Crippen LogP contribution in [-0.2, 0) is 0 Å². The number of aliphatic imine (C=N–C) groups is 1. The Morgan fingerprint density at radius 2 is 1.81 bits per heavy atom. The molecule has 0 spiro atoms. The third-order valence-electron chi connectivity index (χ3n) is 4.34. The van der Waals surface area contributed by atoms with Gasteiger partial charge in [-0.3, -0.25) is 4.99 Å². The van der Waals surface area contributed by atoms with Gasteiger partial charge in [-0.2, -0.15) is 0 Å². The van der Waals surface area contributed by atoms with Crippen molar-refractivity contribution in [1.29, 1.82) is 0 Å². The van der Waals surface area contributed by atoms with Gasteiger partial charge in [0.15, 0.2) is 5.96 Å². The van der Waals surface area contributed by atoms with Gasteiger partial charge in [-0.1, -0.05) is 25.7 Å². The fourth-order valence-corrected chi connectivity index (χ4v) is 3.45. The maximum Gasteiger partial charge on any atom is 0.190 e. The van der Waals surface area contributed by atoms with Crippen LogP contribution in [0.1, 0.15) is 44.9 Å². The zero-order valence-electron chi connectivity index (χ0n) is 10.6. The van der Waals surface area contributed by atoms with E-state index < -0.39 is 0 Å². The maximum atomic E-state index is 4.20. The van der Waals surface area contributed by atoms with Gasteiger partial charge in [0.05, 0.1) is 0 Å². The molecule has 2 aliphatic rings. The monoisotopic (exact) mass is 223 g/mol. The minimum atomic E-state index is 0.644. The lowest BCUT2D eigenvalue weighted by molar-refractivity contribution is 0.150. The number of hydrogen-bond acceptors (Lipinski definition) is 1. The quantitative estimate of drug-likeness (QED) is 0.528. The highest BCUT2D eigenvalue weighted by atomic mass is 15.2. The van der Waals surface area contributed by atoms with E-state index in [0.29, 0.717) is 6.04 Å². The third kappa shape index (κ3) is 2.69. The summed E-state index contributed by atoms with van der Waals surface area (Å²) in [7, 11) is 3.77. The van der Waals surface area contributed by atoms with Crippen molar-refractivity contribution in [3.05, 3.63) is 0 Å². The summed E-state index contributed by atoms with van der Waals surface area (Å²) in [5.74, 6) is 2.96. The Kier molecular flexibility index (Phi) is 4.08. The Hall–Kier alpha value is -0.730. The SMILES string of the molecule is CN=C(NC)NC1CCC2CCCCC2C1. The predicted octanol–water partition coefficient (Wildman–Crippen LogP) is 2.14. The van der Waals surface area contributed by atoms with Crippen LogP contribution in [0.4, 0.5) is 0 Å². The van der Waals surface area contributed by atoms with Crippen LogP contribution in [0.3, 0.4) is 0 Å². The summed E-state index contributed by atoms with van der Waals surface area (Å²) in [5, 5.41) is 6.64. The molecular weight excluding hydrogens is 198 g/mol. The number of nitrogens with zero attached hydrogens (tertiary/aromatic N) is 1. The Balaban J connectivity index is 1.85. The maximum absolute atomic E-state index is 4.20. The molecule has 2 N–H and O–H groups in total. The lowest BCUT2D eigenvalue weighted by Crippen LogP contribution is -2.45. The van der Waals surface area contributed by atoms with Crippen molar-refractivity contribution in [1.82, 2.24) is 10.6 Å². The molecule has 3 unspecified atom stereocenters. The summed E-state index contributed by atoms with van der Waals surface area (Å²) in [6, 6.07) is 0.644. The molecule has 2 rings (SSSR count). The Bertz CT molecular complexity index is 250. The van der Waals surface area contributed by atoms with Gasteiger partial charge in [-0.05, 0) is 31.1 Å². The fraction of sp³-hybridized carbons (Fsp3) is 0.923. The van der Waals surface area contributed by atoms with Gasteiger partial charge in [0.25, 0.3) is 0 Å². The van der Waals surface area contributed by atoms with Gasteiger partial charge >= 0.3 is 0 Å². The molecular formula is C13H25N3. The van der Waals surface area contributed by atoms with Crippen molar-refractivity contribution in [2.24, 2.45) is 16.8 Å². The first kappa shape index (κ1) is 11.7. The second-order valence-corrected chi connectivity index (χ2v) is 5.28. The van der Waals surface area contributed by atoms with Crippen LogP contribution in [0.15, 0.2) is 4.99 Å². The van der Waals surface area contributed by atoms with Gasteiger partial charge in [0.1, 0.15) is 0 Å². The van der Waals surface area contributed by atoms with Crippen LogP contribution in [0.25, 0.3) is 0 Å². The summed E-state index contributed by atoms with van der Waals surface area (Å²) in [6.45, 7) is 0. The molecule has 0 bridgehead atoms. The lowest BCUT2D eigenvalue weighted by Gasteiger charge is -2.39. The van der Waals surface area contributed by atoms with Gasteiger partial charge < -0.3 is 10.6 Å². The lowest BCUT2D eigenvalue weighted by atomic mass is 9.69. The fourth-order valence-electron chi connectivity index (χ4n) is 3.45. The van der Waals surface area contributed by atoms with E-state index in [0.717, 1.165) is 17.8 Å². The van der Waals surface area contributed by atoms with Crippen LogP contribution >= 0.6 is 0 Å². The molecule has 0 aromatic carbocycles. The van der Waals surface area contributed by atoms with Gasteiger partial charge in [0.2, 0.25) is 0 Å². The van der Waals surface area contributed by atoms with Crippen LogP contribution in [-0.4, -0.2) is 26.1 Å².